The van der Waals surface area contributed by atoms with Crippen molar-refractivity contribution in [3.05, 3.63) is 50.0 Å². The van der Waals surface area contributed by atoms with Crippen LogP contribution >= 0.6 is 38.5 Å². The molecular formula is C19H18BrIN2O4. The molecule has 1 aliphatic heterocycles. The van der Waals surface area contributed by atoms with Gasteiger partial charge >= 0.3 is 5.97 Å². The molecule has 1 fully saturated rings. The van der Waals surface area contributed by atoms with Gasteiger partial charge in [-0.15, -0.1) is 0 Å². The number of carboxylic acid groups (broad SMARTS) is 1. The predicted molar refractivity (Wildman–Crippen MR) is 117 cm³/mol. The first-order valence-corrected chi connectivity index (χ1v) is 10.2. The van der Waals surface area contributed by atoms with Crippen molar-refractivity contribution in [3.63, 3.8) is 0 Å². The fraction of sp³-hybridized carbons (Fsp3) is 0.263. The second-order valence-corrected chi connectivity index (χ2v) is 7.89. The molecule has 142 valence electrons. The van der Waals surface area contributed by atoms with Crippen molar-refractivity contribution in [1.29, 1.82) is 0 Å². The van der Waals surface area contributed by atoms with Crippen LogP contribution in [0.2, 0.25) is 0 Å². The average molecular weight is 545 g/mol. The van der Waals surface area contributed by atoms with E-state index in [0.29, 0.717) is 10.2 Å². The Labute approximate surface area is 179 Å². The maximum Gasteiger partial charge on any atom is 0.341 e. The summed E-state index contributed by atoms with van der Waals surface area (Å²) in [5.41, 5.74) is 2.94. The van der Waals surface area contributed by atoms with E-state index in [-0.39, 0.29) is 6.61 Å². The SMILES string of the molecule is O=C(O)COc1c(Br)cc(C=Nc2ccc(N3CCOCC3)cc2)cc1I. The first-order chi connectivity index (χ1) is 13.0. The number of carbonyl (C=O) groups is 1. The van der Waals surface area contributed by atoms with Gasteiger partial charge in [-0.2, -0.15) is 0 Å². The van der Waals surface area contributed by atoms with E-state index in [1.165, 1.54) is 5.69 Å². The van der Waals surface area contributed by atoms with Gasteiger partial charge < -0.3 is 19.5 Å². The quantitative estimate of drug-likeness (QED) is 0.438. The maximum absolute atomic E-state index is 10.7. The summed E-state index contributed by atoms with van der Waals surface area (Å²) >= 11 is 5.54. The minimum absolute atomic E-state index is 0.377. The van der Waals surface area contributed by atoms with Crippen LogP contribution in [-0.4, -0.2) is 50.2 Å². The van der Waals surface area contributed by atoms with Gasteiger partial charge in [0, 0.05) is 25.0 Å². The number of aliphatic imine (C=N–C) groups is 1. The van der Waals surface area contributed by atoms with Gasteiger partial charge in [0.2, 0.25) is 0 Å². The molecule has 1 N–H and O–H groups in total. The summed E-state index contributed by atoms with van der Waals surface area (Å²) in [5.74, 6) is -0.492. The highest BCUT2D eigenvalue weighted by Gasteiger charge is 2.11. The molecule has 6 nitrogen and oxygen atoms in total. The Balaban J connectivity index is 1.69. The number of halogens is 2. The second kappa shape index (κ2) is 9.52. The highest BCUT2D eigenvalue weighted by Crippen LogP contribution is 2.32. The molecule has 8 heteroatoms. The lowest BCUT2D eigenvalue weighted by Crippen LogP contribution is -2.36. The molecule has 1 heterocycles. The third-order valence-corrected chi connectivity index (χ3v) is 5.34. The number of hydrogen-bond acceptors (Lipinski definition) is 5. The van der Waals surface area contributed by atoms with Crippen LogP contribution in [0, 0.1) is 3.57 Å². The summed E-state index contributed by atoms with van der Waals surface area (Å²) in [6, 6.07) is 11.9. The van der Waals surface area contributed by atoms with E-state index >= 15 is 0 Å². The van der Waals surface area contributed by atoms with E-state index in [9.17, 15) is 4.79 Å². The zero-order chi connectivity index (χ0) is 19.2. The lowest BCUT2D eigenvalue weighted by Gasteiger charge is -2.28. The lowest BCUT2D eigenvalue weighted by molar-refractivity contribution is -0.139. The Morgan fingerprint density at radius 1 is 1.30 bits per heavy atom. The van der Waals surface area contributed by atoms with Crippen molar-refractivity contribution in [2.24, 2.45) is 4.99 Å². The Kier molecular flexibility index (Phi) is 7.08. The van der Waals surface area contributed by atoms with E-state index in [1.54, 1.807) is 6.21 Å². The molecule has 0 saturated carbocycles. The molecule has 0 radical (unpaired) electrons. The van der Waals surface area contributed by atoms with Gasteiger partial charge in [0.1, 0.15) is 5.75 Å². The fourth-order valence-corrected chi connectivity index (χ4v) is 4.41. The standard InChI is InChI=1S/C19H18BrIN2O4/c20-16-9-13(10-17(21)19(16)27-12-18(24)25)11-22-14-1-3-15(4-2-14)23-5-7-26-8-6-23/h1-4,9-11H,5-8,12H2,(H,24,25). The highest BCUT2D eigenvalue weighted by molar-refractivity contribution is 14.1. The van der Waals surface area contributed by atoms with Crippen LogP contribution in [0.5, 0.6) is 5.75 Å². The maximum atomic E-state index is 10.7. The van der Waals surface area contributed by atoms with Crippen LogP contribution < -0.4 is 9.64 Å². The number of aliphatic carboxylic acids is 1. The van der Waals surface area contributed by atoms with Gasteiger partial charge in [-0.25, -0.2) is 4.79 Å². The van der Waals surface area contributed by atoms with Crippen LogP contribution in [0.1, 0.15) is 5.56 Å². The number of anilines is 1. The number of ether oxygens (including phenoxy) is 2. The smallest absolute Gasteiger partial charge is 0.341 e. The average Bonchev–Trinajstić information content (AvgIpc) is 2.66. The highest BCUT2D eigenvalue weighted by atomic mass is 127. The number of rotatable bonds is 6. The molecule has 27 heavy (non-hydrogen) atoms. The molecule has 1 saturated heterocycles. The minimum atomic E-state index is -1.01. The molecule has 1 aliphatic rings. The number of benzene rings is 2. The summed E-state index contributed by atoms with van der Waals surface area (Å²) in [6.45, 7) is 2.97. The van der Waals surface area contributed by atoms with Crippen molar-refractivity contribution >= 4 is 62.1 Å². The van der Waals surface area contributed by atoms with Crippen LogP contribution in [0.25, 0.3) is 0 Å². The van der Waals surface area contributed by atoms with Crippen molar-refractivity contribution in [3.8, 4) is 5.75 Å². The van der Waals surface area contributed by atoms with Gasteiger partial charge in [-0.1, -0.05) is 0 Å². The molecule has 3 rings (SSSR count). The van der Waals surface area contributed by atoms with Gasteiger partial charge in [-0.3, -0.25) is 4.99 Å². The zero-order valence-electron chi connectivity index (χ0n) is 14.4. The number of hydrogen-bond donors (Lipinski definition) is 1. The monoisotopic (exact) mass is 544 g/mol. The van der Waals surface area contributed by atoms with Gasteiger partial charge in [0.05, 0.1) is 26.9 Å². The van der Waals surface area contributed by atoms with Gasteiger partial charge in [-0.05, 0) is 80.5 Å². The number of carboxylic acids is 1. The van der Waals surface area contributed by atoms with Crippen LogP contribution in [-0.2, 0) is 9.53 Å². The third-order valence-electron chi connectivity index (χ3n) is 3.95. The van der Waals surface area contributed by atoms with E-state index < -0.39 is 5.97 Å². The Bertz CT molecular complexity index is 813. The molecule has 2 aromatic carbocycles. The minimum Gasteiger partial charge on any atom is -0.480 e. The summed E-state index contributed by atoms with van der Waals surface area (Å²) in [5, 5.41) is 8.75. The summed E-state index contributed by atoms with van der Waals surface area (Å²) in [6.07, 6.45) is 1.78. The molecule has 0 aliphatic carbocycles. The van der Waals surface area contributed by atoms with Gasteiger partial charge in [0.15, 0.2) is 6.61 Å². The number of nitrogens with zero attached hydrogens (tertiary/aromatic N) is 2. The van der Waals surface area contributed by atoms with Crippen molar-refractivity contribution < 1.29 is 19.4 Å². The third kappa shape index (κ3) is 5.66. The molecule has 0 spiro atoms. The van der Waals surface area contributed by atoms with E-state index in [4.69, 9.17) is 14.6 Å². The first kappa shape index (κ1) is 20.1. The molecule has 0 unspecified atom stereocenters. The van der Waals surface area contributed by atoms with Crippen molar-refractivity contribution in [1.82, 2.24) is 0 Å². The first-order valence-electron chi connectivity index (χ1n) is 8.33. The molecule has 0 atom stereocenters. The normalized spacial score (nSPS) is 14.5. The predicted octanol–water partition coefficient (Wildman–Crippen LogP) is 4.10. The van der Waals surface area contributed by atoms with Crippen LogP contribution in [0.3, 0.4) is 0 Å². The largest absolute Gasteiger partial charge is 0.480 e. The van der Waals surface area contributed by atoms with Crippen molar-refractivity contribution in [2.75, 3.05) is 37.8 Å². The Hall–Kier alpha value is -1.65. The van der Waals surface area contributed by atoms with E-state index in [0.717, 1.165) is 41.1 Å². The van der Waals surface area contributed by atoms with E-state index in [1.807, 2.05) is 24.3 Å². The van der Waals surface area contributed by atoms with Crippen molar-refractivity contribution in [2.45, 2.75) is 0 Å². The Morgan fingerprint density at radius 2 is 2.00 bits per heavy atom. The Morgan fingerprint density at radius 3 is 2.63 bits per heavy atom. The number of morpholine rings is 1. The zero-order valence-corrected chi connectivity index (χ0v) is 18.1. The summed E-state index contributed by atoms with van der Waals surface area (Å²) in [7, 11) is 0. The van der Waals surface area contributed by atoms with Crippen LogP contribution in [0.4, 0.5) is 11.4 Å². The molecule has 2 aromatic rings. The van der Waals surface area contributed by atoms with Gasteiger partial charge in [0.25, 0.3) is 0 Å². The summed E-state index contributed by atoms with van der Waals surface area (Å²) in [4.78, 5) is 17.5. The molecule has 0 aromatic heterocycles. The van der Waals surface area contributed by atoms with E-state index in [2.05, 4.69) is 60.5 Å². The molecular weight excluding hydrogens is 527 g/mol. The topological polar surface area (TPSA) is 71.4 Å². The molecule has 0 bridgehead atoms. The molecule has 0 amide bonds. The van der Waals surface area contributed by atoms with Crippen LogP contribution in [0.15, 0.2) is 45.9 Å². The second-order valence-electron chi connectivity index (χ2n) is 5.87. The summed E-state index contributed by atoms with van der Waals surface area (Å²) < 4.78 is 12.2. The fourth-order valence-electron chi connectivity index (χ4n) is 2.65. The lowest BCUT2D eigenvalue weighted by atomic mass is 10.2.